The number of aliphatic hydroxyl groups excluding tert-OH is 11. The number of hydrogen-bond donors (Lipinski definition) is 16. The smallest absolute Gasteiger partial charge is 0.433 e. The van der Waals surface area contributed by atoms with Gasteiger partial charge in [-0.2, -0.15) is 4.98 Å². The summed E-state index contributed by atoms with van der Waals surface area (Å²) in [5, 5.41) is 113. The monoisotopic (exact) mass is 2170 g/mol. The summed E-state index contributed by atoms with van der Waals surface area (Å²) in [6, 6.07) is 17.6. The minimum Gasteiger partial charge on any atom is -0.433 e. The Morgan fingerprint density at radius 3 is 1.31 bits per heavy atom. The zero-order chi connectivity index (χ0) is 103. The standard InChI is InChI=1S/C35H45N4O7P.C17H26N3O3P.C16H28N3O4P.C15H24BrN2O3P.C14H23BrN3O3P.CH4/c1-22(33(42)46-35(43)44-21-27-25-14-7-5-12-23(25)24-13-6-8-15-26(24)27)11-9-10-18-37-34-38-29(36)16-19-39(34)32-31(41)30(40)28(45-32)17-20-47(2,3)4;1-6-7-12-10-20(11(2)19-16(12)18)17-15(22)14(21)13(23-17)8-9-24(3,4)5;1-10-18-15(17)11(5-7-20)9-19(10)16-14(22)13(21)12(23-16)6-8-24(2,3)4;1-9-7-11(17)10(16)8-18(9)15-14(20)13(19)12(21-15)5-6-22(2,3)4;1-8-17-13(16)9(15)7-18(8)14-12(20)11(19)10(21-14)5-6-22(2,3)4;/h5-8,12-16,19,22,27-28,30-32,40-41H,2,9-11,17-18,20-21H2,1,3-4H3,(H2,36,37,38);10,13-15,17,21-22H,2-3,8-9H2,1,4-5H3,(H2,18,19);9,12-14,16,20-22H,1-2,5-8H2,3-4H3,(H2,17,18);7-8,12-15,19-20H,1-2,5-6,17H2,3-4H3;7,10-12,14,19-20H,1-2,5-6H2,3-4H3,(H2,16,17);1H4/t22?,28-,30-,31-,32-;13-,14-,15-,17-;12-,13-,14-,16-;12-,13-,14-,15-;10-,11-,12-,14-;/m11111./s1. The van der Waals surface area contributed by atoms with Crippen molar-refractivity contribution in [3.05, 3.63) is 184 Å². The number of aromatic nitrogens is 2. The highest BCUT2D eigenvalue weighted by Gasteiger charge is 2.51. The molecule has 9 aliphatic heterocycles. The number of aliphatic hydroxyl groups is 11. The van der Waals surface area contributed by atoms with Gasteiger partial charge in [0.25, 0.3) is 0 Å². The fourth-order valence-electron chi connectivity index (χ4n) is 16.5. The molecular formula is C98H150Br2N15O20P5. The summed E-state index contributed by atoms with van der Waals surface area (Å²) in [5.74, 6) is 6.53. The molecule has 10 heterocycles. The Balaban J connectivity index is 0.000000224. The Morgan fingerprint density at radius 2 is 0.893 bits per heavy atom. The number of allylic oxidation sites excluding steroid dienone is 2. The number of nitrogen functional groups attached to an aromatic ring is 1. The summed E-state index contributed by atoms with van der Waals surface area (Å²) in [5.41, 5.74) is 36.1. The van der Waals surface area contributed by atoms with Gasteiger partial charge in [0, 0.05) is 73.5 Å². The molecule has 0 spiro atoms. The average Bonchev–Trinajstić information content (AvgIpc) is 1.61. The van der Waals surface area contributed by atoms with Crippen molar-refractivity contribution in [1.29, 1.82) is 0 Å². The summed E-state index contributed by atoms with van der Waals surface area (Å²) in [6.45, 7) is 34.3. The van der Waals surface area contributed by atoms with Crippen LogP contribution in [0.1, 0.15) is 102 Å². The average molecular weight is 2170 g/mol. The van der Waals surface area contributed by atoms with Gasteiger partial charge in [-0.1, -0.05) is 102 Å². The van der Waals surface area contributed by atoms with E-state index in [0.29, 0.717) is 125 Å². The van der Waals surface area contributed by atoms with E-state index in [2.05, 4.69) is 205 Å². The first kappa shape index (κ1) is 118. The van der Waals surface area contributed by atoms with E-state index in [1.807, 2.05) is 36.4 Å². The van der Waals surface area contributed by atoms with Crippen molar-refractivity contribution in [3.8, 4) is 23.0 Å². The lowest BCUT2D eigenvalue weighted by Gasteiger charge is -2.32. The molecule has 1 unspecified atom stereocenters. The Kier molecular flexibility index (Phi) is 42.9. The van der Waals surface area contributed by atoms with Gasteiger partial charge in [-0.15, -0.1) is 71.8 Å². The molecule has 2 aromatic carbocycles. The molecule has 0 saturated carbocycles. The number of unbranched alkanes of at least 4 members (excludes halogenated alkanes) is 1. The second-order valence-corrected chi connectivity index (χ2v) is 62.8. The van der Waals surface area contributed by atoms with Gasteiger partial charge in [0.15, 0.2) is 31.1 Å². The summed E-state index contributed by atoms with van der Waals surface area (Å²) in [4.78, 5) is 52.8. The Labute approximate surface area is 842 Å². The third-order valence-corrected chi connectivity index (χ3v) is 33.0. The summed E-state index contributed by atoms with van der Waals surface area (Å²) in [6.07, 6.45) is 23.3. The van der Waals surface area contributed by atoms with E-state index in [4.69, 9.17) is 66.9 Å². The number of aliphatic imine (C=N–C) groups is 3. The first-order valence-electron chi connectivity index (χ1n) is 45.9. The van der Waals surface area contributed by atoms with Crippen LogP contribution in [0.15, 0.2) is 187 Å². The lowest BCUT2D eigenvalue weighted by molar-refractivity contribution is -0.144. The molecule has 5 fully saturated rings. The predicted molar refractivity (Wildman–Crippen MR) is 580 cm³/mol. The number of esters is 1. The number of nitrogens with zero attached hydrogens (tertiary/aromatic N) is 10. The maximum absolute atomic E-state index is 12.6. The van der Waals surface area contributed by atoms with Gasteiger partial charge < -0.3 is 138 Å². The minimum absolute atomic E-state index is 0. The van der Waals surface area contributed by atoms with Crippen molar-refractivity contribution >= 4 is 133 Å². The van der Waals surface area contributed by atoms with Crippen LogP contribution in [-0.4, -0.2) is 380 Å². The molecule has 1 aromatic heterocycles. The lowest BCUT2D eigenvalue weighted by Crippen LogP contribution is -2.42. The summed E-state index contributed by atoms with van der Waals surface area (Å²) >= 11 is 6.65. The number of rotatable bonds is 30. The maximum atomic E-state index is 12.6. The van der Waals surface area contributed by atoms with Crippen molar-refractivity contribution in [3.63, 3.8) is 0 Å². The molecule has 42 heteroatoms. The minimum atomic E-state index is -1.32. The third-order valence-electron chi connectivity index (χ3n) is 24.4. The number of benzene rings is 2. The normalized spacial score (nSPS) is 28.2. The van der Waals surface area contributed by atoms with Gasteiger partial charge in [-0.3, -0.25) is 14.4 Å². The van der Waals surface area contributed by atoms with E-state index in [-0.39, 0.29) is 43.8 Å². The number of anilines is 1. The Hall–Kier alpha value is -7.49. The molecule has 10 aliphatic rings. The van der Waals surface area contributed by atoms with Crippen molar-refractivity contribution in [1.82, 2.24) is 29.2 Å². The van der Waals surface area contributed by atoms with Crippen LogP contribution in [0, 0.1) is 17.8 Å². The van der Waals surface area contributed by atoms with Crippen LogP contribution in [0.4, 0.5) is 10.6 Å². The zero-order valence-electron chi connectivity index (χ0n) is 81.7. The number of hydrogen-bond acceptors (Lipinski definition) is 34. The molecule has 35 nitrogen and oxygen atoms in total. The maximum Gasteiger partial charge on any atom is 0.516 e. The van der Waals surface area contributed by atoms with Crippen molar-refractivity contribution in [2.24, 2.45) is 48.8 Å². The van der Waals surface area contributed by atoms with Gasteiger partial charge in [0.2, 0.25) is 5.62 Å². The number of ether oxygens (including phenoxy) is 7. The summed E-state index contributed by atoms with van der Waals surface area (Å²) in [7, 11) is 0. The molecule has 5 saturated heterocycles. The Bertz CT molecular complexity index is 5460. The van der Waals surface area contributed by atoms with Gasteiger partial charge in [-0.05, 0) is 216 Å². The van der Waals surface area contributed by atoms with E-state index < -0.39 is 175 Å². The molecule has 13 rings (SSSR count). The molecule has 0 amide bonds. The van der Waals surface area contributed by atoms with Gasteiger partial charge in [-0.25, -0.2) is 19.8 Å². The molecule has 21 N–H and O–H groups in total. The molecule has 140 heavy (non-hydrogen) atoms. The molecule has 0 bridgehead atoms. The fourth-order valence-corrected chi connectivity index (χ4v) is 21.9. The van der Waals surface area contributed by atoms with Gasteiger partial charge in [0.1, 0.15) is 108 Å². The lowest BCUT2D eigenvalue weighted by atomic mass is 9.98. The number of halogens is 2. The van der Waals surface area contributed by atoms with Crippen LogP contribution in [0.25, 0.3) is 11.1 Å². The van der Waals surface area contributed by atoms with Gasteiger partial charge in [0.05, 0.1) is 51.0 Å². The number of nitrogens with two attached hydrogens (primary N) is 5. The van der Waals surface area contributed by atoms with E-state index in [1.54, 1.807) is 81.2 Å². The van der Waals surface area contributed by atoms with E-state index in [0.717, 1.165) is 53.1 Å². The summed E-state index contributed by atoms with van der Waals surface area (Å²) < 4.78 is 42.9. The predicted octanol–water partition coefficient (Wildman–Crippen LogP) is 7.90. The van der Waals surface area contributed by atoms with E-state index in [1.165, 1.54) is 0 Å². The molecule has 0 radical (unpaired) electrons. The molecule has 3 aromatic rings. The topological polar surface area (TPSA) is 532 Å². The van der Waals surface area contributed by atoms with Crippen molar-refractivity contribution < 1.29 is 98.9 Å². The quantitative estimate of drug-likeness (QED) is 0.00991. The van der Waals surface area contributed by atoms with E-state index >= 15 is 0 Å². The second-order valence-electron chi connectivity index (χ2n) is 39.5. The van der Waals surface area contributed by atoms with Crippen LogP contribution < -0.4 is 34.3 Å². The fraction of sp³-hybridized carbons (Fsp3) is 0.531. The number of amidine groups is 3. The molecule has 1 aliphatic carbocycles. The third kappa shape index (κ3) is 32.3. The first-order chi connectivity index (χ1) is 64.9. The number of carbonyl (C=O) groups is 2. The molecule has 776 valence electrons. The van der Waals surface area contributed by atoms with Crippen LogP contribution in [0.5, 0.6) is 0 Å². The highest BCUT2D eigenvalue weighted by Crippen LogP contribution is 2.48. The second kappa shape index (κ2) is 51.0. The highest BCUT2D eigenvalue weighted by atomic mass is 79.9. The van der Waals surface area contributed by atoms with Crippen LogP contribution in [0.3, 0.4) is 0 Å². The molecular weight excluding hydrogens is 2020 g/mol. The Morgan fingerprint density at radius 1 is 0.514 bits per heavy atom. The van der Waals surface area contributed by atoms with Crippen LogP contribution in [0.2, 0.25) is 0 Å². The van der Waals surface area contributed by atoms with Crippen LogP contribution in [-0.2, 0) is 38.0 Å². The number of carbonyl (C=O) groups excluding carboxylic acids is 2. The highest BCUT2D eigenvalue weighted by molar-refractivity contribution is 9.12. The molecule has 21 atom stereocenters. The zero-order valence-corrected chi connectivity index (χ0v) is 89.3. The van der Waals surface area contributed by atoms with Crippen molar-refractivity contribution in [2.75, 3.05) is 123 Å². The number of fused-ring (bicyclic) bond motifs is 3. The SMILES string of the molecule is C.C=C1C=C(N)C(Br)=CN1[C@@H]1O[C@H](CCP(=C)(C)C)[C@@H](O)[C@H]1O.C=C1N=C(N)C(Br)=CN1[C@@H]1O[C@H](CCP(=C)(C)C)[C@@H](O)[C@H]1O.C=C1N=C(N)C(C#CC)=CN1[C@@H]1O[C@H](CCP(=C)(C)C)[C@@H](O)[C@H]1O.C=C1N=C(N)C(CCO)=CN1[C@@H]1O[C@H](CCP(=C)(C)C)[C@@H](O)[C@H]1O.C=P(C)(C)CC[C@H]1O[C@@H](n2ccc(N)nc2=NCCCCC(C)C(=O)OC(=O)OCC2c3ccccc3-c3ccccc32)[C@H](O)[C@@H]1O. The van der Waals surface area contributed by atoms with E-state index in [9.17, 15) is 60.7 Å². The first-order valence-corrected chi connectivity index (χ1v) is 62.7. The van der Waals surface area contributed by atoms with Crippen LogP contribution >= 0.6 is 66.3 Å². The largest absolute Gasteiger partial charge is 0.516 e. The van der Waals surface area contributed by atoms with Crippen molar-refractivity contribution in [2.45, 2.75) is 208 Å². The van der Waals surface area contributed by atoms with Gasteiger partial charge >= 0.3 is 12.1 Å².